The van der Waals surface area contributed by atoms with Crippen LogP contribution in [0, 0.1) is 11.8 Å². The fourth-order valence-electron chi connectivity index (χ4n) is 2.92. The number of methoxy groups -OCH3 is 1. The van der Waals surface area contributed by atoms with Gasteiger partial charge >= 0.3 is 5.97 Å². The van der Waals surface area contributed by atoms with E-state index in [2.05, 4.69) is 10.3 Å². The average molecular weight is 465 g/mol. The van der Waals surface area contributed by atoms with Crippen LogP contribution in [0.1, 0.15) is 26.5 Å². The van der Waals surface area contributed by atoms with Crippen molar-refractivity contribution in [3.8, 4) is 0 Å². The molecule has 0 radical (unpaired) electrons. The Balaban J connectivity index is 0.00000312. The first-order valence-corrected chi connectivity index (χ1v) is 8.26. The number of aliphatic imine (C=N–C) groups is 1. The number of hydrogen-bond acceptors (Lipinski definition) is 5. The number of carbonyl (C=O) groups excluding carboxylic acids is 1. The monoisotopic (exact) mass is 465 g/mol. The second kappa shape index (κ2) is 9.42. The van der Waals surface area contributed by atoms with E-state index in [1.807, 2.05) is 18.7 Å². The number of nitrogens with one attached hydrogen (secondary N) is 1. The van der Waals surface area contributed by atoms with Gasteiger partial charge in [0.2, 0.25) is 0 Å². The summed E-state index contributed by atoms with van der Waals surface area (Å²) in [5.74, 6) is 0.992. The van der Waals surface area contributed by atoms with Crippen molar-refractivity contribution in [3.63, 3.8) is 0 Å². The van der Waals surface area contributed by atoms with Gasteiger partial charge in [-0.15, -0.1) is 24.0 Å². The van der Waals surface area contributed by atoms with Gasteiger partial charge in [0.15, 0.2) is 5.96 Å². The highest BCUT2D eigenvalue weighted by Gasteiger charge is 2.37. The normalized spacial score (nSPS) is 22.9. The van der Waals surface area contributed by atoms with E-state index < -0.39 is 5.60 Å². The lowest BCUT2D eigenvalue weighted by Crippen LogP contribution is -2.41. The molecule has 25 heavy (non-hydrogen) atoms. The van der Waals surface area contributed by atoms with Crippen molar-refractivity contribution in [2.24, 2.45) is 16.8 Å². The van der Waals surface area contributed by atoms with E-state index in [1.165, 1.54) is 13.4 Å². The SMILES string of the molecule is CCNC(=NCC(C)(O)c1ccco1)N1CC(C)C(C(=O)OC)C1.I. The molecular weight excluding hydrogens is 437 g/mol. The molecule has 1 saturated heterocycles. The summed E-state index contributed by atoms with van der Waals surface area (Å²) < 4.78 is 10.2. The van der Waals surface area contributed by atoms with Crippen LogP contribution >= 0.6 is 24.0 Å². The average Bonchev–Trinajstić information content (AvgIpc) is 3.20. The summed E-state index contributed by atoms with van der Waals surface area (Å²) in [7, 11) is 1.41. The summed E-state index contributed by atoms with van der Waals surface area (Å²) in [5.41, 5.74) is -1.18. The minimum atomic E-state index is -1.18. The van der Waals surface area contributed by atoms with Crippen LogP contribution in [0.5, 0.6) is 0 Å². The van der Waals surface area contributed by atoms with Gasteiger partial charge in [-0.1, -0.05) is 6.92 Å². The van der Waals surface area contributed by atoms with Gasteiger partial charge in [0.1, 0.15) is 11.4 Å². The molecule has 0 bridgehead atoms. The molecule has 0 amide bonds. The number of aliphatic hydroxyl groups is 1. The first-order chi connectivity index (χ1) is 11.4. The summed E-state index contributed by atoms with van der Waals surface area (Å²) in [4.78, 5) is 18.4. The first kappa shape index (κ1) is 21.8. The minimum Gasteiger partial charge on any atom is -0.469 e. The van der Waals surface area contributed by atoms with E-state index in [0.717, 1.165) is 0 Å². The Labute approximate surface area is 165 Å². The molecule has 0 spiro atoms. The molecule has 2 N–H and O–H groups in total. The Morgan fingerprint density at radius 1 is 1.56 bits per heavy atom. The van der Waals surface area contributed by atoms with Crippen molar-refractivity contribution in [3.05, 3.63) is 24.2 Å². The first-order valence-electron chi connectivity index (χ1n) is 8.26. The quantitative estimate of drug-likeness (QED) is 0.299. The molecule has 1 fully saturated rings. The van der Waals surface area contributed by atoms with Gasteiger partial charge in [-0.05, 0) is 31.9 Å². The number of halogens is 1. The van der Waals surface area contributed by atoms with Gasteiger partial charge in [-0.25, -0.2) is 4.99 Å². The molecule has 2 heterocycles. The summed E-state index contributed by atoms with van der Waals surface area (Å²) in [5, 5.41) is 13.8. The zero-order chi connectivity index (χ0) is 17.7. The highest BCUT2D eigenvalue weighted by atomic mass is 127. The Hall–Kier alpha value is -1.29. The molecule has 2 rings (SSSR count). The number of likely N-dealkylation sites (tertiary alicyclic amines) is 1. The van der Waals surface area contributed by atoms with E-state index in [1.54, 1.807) is 19.1 Å². The largest absolute Gasteiger partial charge is 0.469 e. The molecule has 3 atom stereocenters. The number of ether oxygens (including phenoxy) is 1. The Morgan fingerprint density at radius 3 is 2.84 bits per heavy atom. The number of furan rings is 1. The fourth-order valence-corrected chi connectivity index (χ4v) is 2.92. The van der Waals surface area contributed by atoms with Crippen molar-refractivity contribution < 1.29 is 19.1 Å². The lowest BCUT2D eigenvalue weighted by Gasteiger charge is -2.24. The molecule has 0 aromatic carbocycles. The van der Waals surface area contributed by atoms with Crippen LogP contribution in [0.3, 0.4) is 0 Å². The van der Waals surface area contributed by atoms with E-state index in [0.29, 0.717) is 31.4 Å². The zero-order valence-electron chi connectivity index (χ0n) is 15.2. The Bertz CT molecular complexity index is 574. The predicted octanol–water partition coefficient (Wildman–Crippen LogP) is 1.81. The molecule has 1 aromatic heterocycles. The van der Waals surface area contributed by atoms with E-state index in [4.69, 9.17) is 9.15 Å². The molecule has 7 nitrogen and oxygen atoms in total. The molecule has 8 heteroatoms. The van der Waals surface area contributed by atoms with Crippen molar-refractivity contribution >= 4 is 35.9 Å². The topological polar surface area (TPSA) is 87.3 Å². The van der Waals surface area contributed by atoms with Crippen LogP contribution in [-0.4, -0.2) is 55.2 Å². The maximum Gasteiger partial charge on any atom is 0.310 e. The molecule has 0 aliphatic carbocycles. The van der Waals surface area contributed by atoms with Crippen molar-refractivity contribution in [2.75, 3.05) is 33.3 Å². The van der Waals surface area contributed by atoms with Gasteiger partial charge in [0.25, 0.3) is 0 Å². The van der Waals surface area contributed by atoms with Crippen LogP contribution in [0.4, 0.5) is 0 Å². The third kappa shape index (κ3) is 5.34. The molecule has 142 valence electrons. The van der Waals surface area contributed by atoms with Gasteiger partial charge in [0.05, 0.1) is 25.8 Å². The number of hydrogen-bond donors (Lipinski definition) is 2. The van der Waals surface area contributed by atoms with Crippen LogP contribution in [0.15, 0.2) is 27.8 Å². The van der Waals surface area contributed by atoms with E-state index >= 15 is 0 Å². The fraction of sp³-hybridized carbons (Fsp3) is 0.647. The smallest absolute Gasteiger partial charge is 0.310 e. The third-order valence-electron chi connectivity index (χ3n) is 4.34. The van der Waals surface area contributed by atoms with Crippen molar-refractivity contribution in [2.45, 2.75) is 26.4 Å². The Morgan fingerprint density at radius 2 is 2.28 bits per heavy atom. The van der Waals surface area contributed by atoms with Crippen molar-refractivity contribution in [1.29, 1.82) is 0 Å². The zero-order valence-corrected chi connectivity index (χ0v) is 17.5. The summed E-state index contributed by atoms with van der Waals surface area (Å²) in [6.45, 7) is 7.83. The highest BCUT2D eigenvalue weighted by Crippen LogP contribution is 2.25. The van der Waals surface area contributed by atoms with Crippen LogP contribution < -0.4 is 5.32 Å². The van der Waals surface area contributed by atoms with Gasteiger partial charge in [-0.2, -0.15) is 0 Å². The maximum absolute atomic E-state index is 11.9. The lowest BCUT2D eigenvalue weighted by molar-refractivity contribution is -0.145. The second-order valence-corrected chi connectivity index (χ2v) is 6.43. The maximum atomic E-state index is 11.9. The molecule has 1 aliphatic heterocycles. The highest BCUT2D eigenvalue weighted by molar-refractivity contribution is 14.0. The standard InChI is InChI=1S/C17H27N3O4.HI/c1-5-18-16(19-11-17(3,22)14-7-6-8-24-14)20-9-12(2)13(10-20)15(21)23-4;/h6-8,12-13,22H,5,9-11H2,1-4H3,(H,18,19);1H. The summed E-state index contributed by atoms with van der Waals surface area (Å²) >= 11 is 0. The van der Waals surface area contributed by atoms with Crippen LogP contribution in [0.25, 0.3) is 0 Å². The number of guanidine groups is 1. The van der Waals surface area contributed by atoms with E-state index in [9.17, 15) is 9.90 Å². The van der Waals surface area contributed by atoms with Crippen LogP contribution in [-0.2, 0) is 15.1 Å². The summed E-state index contributed by atoms with van der Waals surface area (Å²) in [6, 6.07) is 3.47. The molecular formula is C17H28IN3O4. The third-order valence-corrected chi connectivity index (χ3v) is 4.34. The number of rotatable bonds is 5. The molecule has 1 aromatic rings. The molecule has 0 saturated carbocycles. The van der Waals surface area contributed by atoms with Gasteiger partial charge < -0.3 is 24.5 Å². The van der Waals surface area contributed by atoms with Crippen LogP contribution in [0.2, 0.25) is 0 Å². The second-order valence-electron chi connectivity index (χ2n) is 6.43. The Kier molecular flexibility index (Phi) is 8.20. The predicted molar refractivity (Wildman–Crippen MR) is 106 cm³/mol. The lowest BCUT2D eigenvalue weighted by atomic mass is 9.99. The van der Waals surface area contributed by atoms with E-state index in [-0.39, 0.29) is 48.3 Å². The van der Waals surface area contributed by atoms with Crippen molar-refractivity contribution in [1.82, 2.24) is 10.2 Å². The molecule has 1 aliphatic rings. The minimum absolute atomic E-state index is 0. The molecule has 3 unspecified atom stereocenters. The summed E-state index contributed by atoms with van der Waals surface area (Å²) in [6.07, 6.45) is 1.53. The number of esters is 1. The van der Waals surface area contributed by atoms with Gasteiger partial charge in [-0.3, -0.25) is 4.79 Å². The van der Waals surface area contributed by atoms with Gasteiger partial charge in [0, 0.05) is 19.6 Å². The number of nitrogens with zero attached hydrogens (tertiary/aromatic N) is 2. The number of carbonyl (C=O) groups is 1.